The van der Waals surface area contributed by atoms with Gasteiger partial charge in [0.1, 0.15) is 5.82 Å². The van der Waals surface area contributed by atoms with E-state index in [9.17, 15) is 14.5 Å². The van der Waals surface area contributed by atoms with E-state index < -0.39 is 10.7 Å². The zero-order valence-electron chi connectivity index (χ0n) is 8.91. The minimum Gasteiger partial charge on any atom is -0.327 e. The van der Waals surface area contributed by atoms with Gasteiger partial charge in [-0.05, 0) is 28.9 Å². The van der Waals surface area contributed by atoms with E-state index in [1.54, 1.807) is 13.8 Å². The van der Waals surface area contributed by atoms with Crippen LogP contribution in [0, 0.1) is 15.9 Å². The molecule has 0 aliphatic heterocycles. The lowest BCUT2D eigenvalue weighted by Gasteiger charge is -2.16. The number of nitrogens with zero attached hydrogens (tertiary/aromatic N) is 1. The van der Waals surface area contributed by atoms with E-state index in [4.69, 9.17) is 5.73 Å². The second-order valence-electron chi connectivity index (χ2n) is 3.73. The zero-order valence-corrected chi connectivity index (χ0v) is 10.5. The molecule has 4 nitrogen and oxygen atoms in total. The molecule has 0 fully saturated rings. The van der Waals surface area contributed by atoms with Gasteiger partial charge in [0.2, 0.25) is 0 Å². The van der Waals surface area contributed by atoms with E-state index in [-0.39, 0.29) is 22.1 Å². The number of halogens is 2. The maximum Gasteiger partial charge on any atom is 0.274 e. The van der Waals surface area contributed by atoms with Gasteiger partial charge in [-0.3, -0.25) is 10.1 Å². The Morgan fingerprint density at radius 1 is 1.50 bits per heavy atom. The number of hydrogen-bond acceptors (Lipinski definition) is 3. The molecule has 0 spiro atoms. The third-order valence-corrected chi connectivity index (χ3v) is 3.15. The van der Waals surface area contributed by atoms with E-state index in [2.05, 4.69) is 15.9 Å². The Morgan fingerprint density at radius 3 is 2.50 bits per heavy atom. The number of nitrogens with two attached hydrogens (primary N) is 1. The quantitative estimate of drug-likeness (QED) is 0.687. The first-order chi connectivity index (χ1) is 7.34. The molecule has 2 unspecified atom stereocenters. The van der Waals surface area contributed by atoms with Crippen LogP contribution in [-0.2, 0) is 0 Å². The summed E-state index contributed by atoms with van der Waals surface area (Å²) in [7, 11) is 0. The van der Waals surface area contributed by atoms with Crippen molar-refractivity contribution in [1.29, 1.82) is 0 Å². The lowest BCUT2D eigenvalue weighted by atomic mass is 9.93. The van der Waals surface area contributed by atoms with Crippen LogP contribution in [0.2, 0.25) is 0 Å². The Bertz CT molecular complexity index is 424. The lowest BCUT2D eigenvalue weighted by Crippen LogP contribution is -2.23. The van der Waals surface area contributed by atoms with Crippen molar-refractivity contribution in [3.63, 3.8) is 0 Å². The average Bonchev–Trinajstić information content (AvgIpc) is 2.19. The van der Waals surface area contributed by atoms with Gasteiger partial charge in [0.25, 0.3) is 5.69 Å². The van der Waals surface area contributed by atoms with Crippen LogP contribution in [0.25, 0.3) is 0 Å². The molecule has 1 aromatic carbocycles. The summed E-state index contributed by atoms with van der Waals surface area (Å²) in [5.41, 5.74) is 5.88. The summed E-state index contributed by atoms with van der Waals surface area (Å²) < 4.78 is 13.4. The summed E-state index contributed by atoms with van der Waals surface area (Å²) in [6.07, 6.45) is 0. The van der Waals surface area contributed by atoms with Crippen LogP contribution in [0.5, 0.6) is 0 Å². The molecule has 0 aliphatic rings. The van der Waals surface area contributed by atoms with Crippen LogP contribution in [-0.4, -0.2) is 11.0 Å². The molecular formula is C10H12BrFN2O2. The largest absolute Gasteiger partial charge is 0.327 e. The Balaban J connectivity index is 3.36. The molecule has 0 aliphatic carbocycles. The van der Waals surface area contributed by atoms with E-state index in [0.717, 1.165) is 6.07 Å². The maximum atomic E-state index is 13.3. The van der Waals surface area contributed by atoms with Gasteiger partial charge in [0.05, 0.1) is 9.40 Å². The third-order valence-electron chi connectivity index (χ3n) is 2.55. The SMILES string of the molecule is CC(N)C(C)c1cc(F)c(Br)cc1[N+](=O)[O-]. The molecule has 88 valence electrons. The summed E-state index contributed by atoms with van der Waals surface area (Å²) in [5, 5.41) is 10.8. The highest BCUT2D eigenvalue weighted by molar-refractivity contribution is 9.10. The summed E-state index contributed by atoms with van der Waals surface area (Å²) in [6, 6.07) is 2.05. The normalized spacial score (nSPS) is 14.6. The fourth-order valence-electron chi connectivity index (χ4n) is 1.36. The zero-order chi connectivity index (χ0) is 12.5. The van der Waals surface area contributed by atoms with Crippen LogP contribution in [0.15, 0.2) is 16.6 Å². The number of rotatable bonds is 3. The Morgan fingerprint density at radius 2 is 2.06 bits per heavy atom. The van der Waals surface area contributed by atoms with Crippen molar-refractivity contribution < 1.29 is 9.31 Å². The molecular weight excluding hydrogens is 279 g/mol. The summed E-state index contributed by atoms with van der Waals surface area (Å²) in [5.74, 6) is -0.795. The van der Waals surface area contributed by atoms with E-state index in [1.165, 1.54) is 6.07 Å². The number of benzene rings is 1. The van der Waals surface area contributed by atoms with E-state index in [1.807, 2.05) is 0 Å². The van der Waals surface area contributed by atoms with Gasteiger partial charge < -0.3 is 5.73 Å². The average molecular weight is 291 g/mol. The topological polar surface area (TPSA) is 69.2 Å². The van der Waals surface area contributed by atoms with Crippen molar-refractivity contribution in [3.05, 3.63) is 38.1 Å². The highest BCUT2D eigenvalue weighted by Gasteiger charge is 2.23. The molecule has 0 amide bonds. The van der Waals surface area contributed by atoms with Gasteiger partial charge in [-0.25, -0.2) is 4.39 Å². The van der Waals surface area contributed by atoms with Gasteiger partial charge in [-0.15, -0.1) is 0 Å². The third kappa shape index (κ3) is 2.56. The van der Waals surface area contributed by atoms with Crippen molar-refractivity contribution >= 4 is 21.6 Å². The molecule has 16 heavy (non-hydrogen) atoms. The number of hydrogen-bond donors (Lipinski definition) is 1. The second kappa shape index (κ2) is 4.88. The highest BCUT2D eigenvalue weighted by Crippen LogP contribution is 2.32. The monoisotopic (exact) mass is 290 g/mol. The molecule has 0 aromatic heterocycles. The van der Waals surface area contributed by atoms with Crippen LogP contribution < -0.4 is 5.73 Å². The molecule has 6 heteroatoms. The van der Waals surface area contributed by atoms with Crippen molar-refractivity contribution in [3.8, 4) is 0 Å². The van der Waals surface area contributed by atoms with Gasteiger partial charge in [0, 0.05) is 23.6 Å². The number of nitro groups is 1. The predicted molar refractivity (Wildman–Crippen MR) is 62.8 cm³/mol. The molecule has 2 N–H and O–H groups in total. The van der Waals surface area contributed by atoms with Crippen LogP contribution >= 0.6 is 15.9 Å². The molecule has 2 atom stereocenters. The Labute approximate surface area is 101 Å². The summed E-state index contributed by atoms with van der Waals surface area (Å²) in [6.45, 7) is 3.47. The Hall–Kier alpha value is -1.01. The molecule has 0 saturated carbocycles. The van der Waals surface area contributed by atoms with Crippen molar-refractivity contribution in [2.45, 2.75) is 25.8 Å². The maximum absolute atomic E-state index is 13.3. The second-order valence-corrected chi connectivity index (χ2v) is 4.58. The van der Waals surface area contributed by atoms with Crippen molar-refractivity contribution in [2.75, 3.05) is 0 Å². The van der Waals surface area contributed by atoms with Crippen LogP contribution in [0.4, 0.5) is 10.1 Å². The first kappa shape index (κ1) is 13.1. The molecule has 1 rings (SSSR count). The number of nitro benzene ring substituents is 1. The summed E-state index contributed by atoms with van der Waals surface area (Å²) in [4.78, 5) is 10.3. The van der Waals surface area contributed by atoms with Gasteiger partial charge in [0.15, 0.2) is 0 Å². The minimum atomic E-state index is -0.529. The van der Waals surface area contributed by atoms with Gasteiger partial charge in [-0.2, -0.15) is 0 Å². The molecule has 0 radical (unpaired) electrons. The fourth-order valence-corrected chi connectivity index (χ4v) is 1.69. The molecule has 0 bridgehead atoms. The fraction of sp³-hybridized carbons (Fsp3) is 0.400. The van der Waals surface area contributed by atoms with E-state index >= 15 is 0 Å². The Kier molecular flexibility index (Phi) is 3.98. The molecule has 0 heterocycles. The van der Waals surface area contributed by atoms with Gasteiger partial charge in [-0.1, -0.05) is 6.92 Å². The standard InChI is InChI=1S/C10H12BrFN2O2/c1-5(6(2)13)7-3-9(12)8(11)4-10(7)14(15)16/h3-6H,13H2,1-2H3. The smallest absolute Gasteiger partial charge is 0.274 e. The highest BCUT2D eigenvalue weighted by atomic mass is 79.9. The van der Waals surface area contributed by atoms with E-state index in [0.29, 0.717) is 5.56 Å². The first-order valence-corrected chi connectivity index (χ1v) is 5.52. The van der Waals surface area contributed by atoms with Gasteiger partial charge >= 0.3 is 0 Å². The van der Waals surface area contributed by atoms with Crippen LogP contribution in [0.1, 0.15) is 25.3 Å². The first-order valence-electron chi connectivity index (χ1n) is 4.73. The molecule has 0 saturated heterocycles. The van der Waals surface area contributed by atoms with Crippen LogP contribution in [0.3, 0.4) is 0 Å². The van der Waals surface area contributed by atoms with Crippen molar-refractivity contribution in [2.24, 2.45) is 5.73 Å². The predicted octanol–water partition coefficient (Wildman–Crippen LogP) is 2.95. The van der Waals surface area contributed by atoms with Crippen molar-refractivity contribution in [1.82, 2.24) is 0 Å². The molecule has 1 aromatic rings. The minimum absolute atomic E-state index is 0.0832. The summed E-state index contributed by atoms with van der Waals surface area (Å²) >= 11 is 2.92. The lowest BCUT2D eigenvalue weighted by molar-refractivity contribution is -0.385.